The second-order valence-electron chi connectivity index (χ2n) is 7.35. The van der Waals surface area contributed by atoms with E-state index >= 15 is 0 Å². The molecule has 0 unspecified atom stereocenters. The second-order valence-corrected chi connectivity index (χ2v) is 7.79. The van der Waals surface area contributed by atoms with Gasteiger partial charge in [0.1, 0.15) is 5.75 Å². The number of alkyl halides is 2. The van der Waals surface area contributed by atoms with Gasteiger partial charge in [-0.05, 0) is 41.8 Å². The highest BCUT2D eigenvalue weighted by atomic mass is 35.5. The highest BCUT2D eigenvalue weighted by Gasteiger charge is 2.60. The van der Waals surface area contributed by atoms with Crippen molar-refractivity contribution in [2.75, 3.05) is 13.2 Å². The van der Waals surface area contributed by atoms with Gasteiger partial charge in [0.05, 0.1) is 5.71 Å². The van der Waals surface area contributed by atoms with E-state index in [4.69, 9.17) is 22.1 Å². The normalized spacial score (nSPS) is 19.2. The lowest BCUT2D eigenvalue weighted by atomic mass is 9.57. The predicted molar refractivity (Wildman–Crippen MR) is 104 cm³/mol. The monoisotopic (exact) mass is 404 g/mol. The van der Waals surface area contributed by atoms with Gasteiger partial charge in [-0.2, -0.15) is 0 Å². The first-order chi connectivity index (χ1) is 13.3. The molecule has 4 rings (SSSR count). The van der Waals surface area contributed by atoms with Crippen LogP contribution in [-0.4, -0.2) is 30.7 Å². The van der Waals surface area contributed by atoms with Gasteiger partial charge in [-0.3, -0.25) is 9.79 Å². The summed E-state index contributed by atoms with van der Waals surface area (Å²) in [6.45, 7) is 0.302. The quantitative estimate of drug-likeness (QED) is 0.821. The molecular weight excluding hydrogens is 386 g/mol. The Kier molecular flexibility index (Phi) is 4.62. The van der Waals surface area contributed by atoms with Crippen molar-refractivity contribution in [1.29, 1.82) is 0 Å². The second kappa shape index (κ2) is 6.85. The van der Waals surface area contributed by atoms with Crippen LogP contribution in [0.5, 0.6) is 5.75 Å². The molecule has 28 heavy (non-hydrogen) atoms. The number of hydrogen-bond donors (Lipinski definition) is 1. The number of carbonyl (C=O) groups excluding carboxylic acids is 1. The SMILES string of the molecule is NC(=O)COc1ccc2c(c1)C(C1(c3ccc(Cl)cc3)CC(F)(F)C1)=NCC2. The smallest absolute Gasteiger partial charge is 0.255 e. The summed E-state index contributed by atoms with van der Waals surface area (Å²) in [4.78, 5) is 15.7. The average molecular weight is 405 g/mol. The Morgan fingerprint density at radius 3 is 2.54 bits per heavy atom. The Balaban J connectivity index is 1.76. The molecule has 146 valence electrons. The number of benzene rings is 2. The van der Waals surface area contributed by atoms with E-state index in [0.717, 1.165) is 23.1 Å². The van der Waals surface area contributed by atoms with Gasteiger partial charge in [-0.25, -0.2) is 8.78 Å². The fourth-order valence-corrected chi connectivity index (χ4v) is 4.26. The molecule has 0 spiro atoms. The predicted octanol–water partition coefficient (Wildman–Crippen LogP) is 3.92. The lowest BCUT2D eigenvalue weighted by molar-refractivity contribution is -0.120. The van der Waals surface area contributed by atoms with Crippen molar-refractivity contribution < 1.29 is 18.3 Å². The van der Waals surface area contributed by atoms with Gasteiger partial charge in [0.25, 0.3) is 11.8 Å². The van der Waals surface area contributed by atoms with Crippen LogP contribution < -0.4 is 10.5 Å². The molecule has 1 heterocycles. The van der Waals surface area contributed by atoms with Crippen LogP contribution in [0.1, 0.15) is 29.5 Å². The summed E-state index contributed by atoms with van der Waals surface area (Å²) < 4.78 is 33.5. The number of nitrogens with two attached hydrogens (primary N) is 1. The minimum atomic E-state index is -2.74. The molecule has 0 bridgehead atoms. The maximum Gasteiger partial charge on any atom is 0.255 e. The Labute approximate surface area is 166 Å². The summed E-state index contributed by atoms with van der Waals surface area (Å²) >= 11 is 5.99. The molecule has 1 aliphatic heterocycles. The number of aliphatic imine (C=N–C) groups is 1. The number of rotatable bonds is 5. The summed E-state index contributed by atoms with van der Waals surface area (Å²) in [5.41, 5.74) is 7.51. The van der Waals surface area contributed by atoms with Crippen molar-refractivity contribution in [3.63, 3.8) is 0 Å². The molecule has 2 aliphatic rings. The van der Waals surface area contributed by atoms with Crippen LogP contribution in [0.3, 0.4) is 0 Å². The molecule has 4 nitrogen and oxygen atoms in total. The third-order valence-corrected chi connectivity index (χ3v) is 5.59. The Morgan fingerprint density at radius 2 is 1.89 bits per heavy atom. The summed E-state index contributed by atoms with van der Waals surface area (Å²) in [7, 11) is 0. The minimum Gasteiger partial charge on any atom is -0.484 e. The van der Waals surface area contributed by atoms with Gasteiger partial charge < -0.3 is 10.5 Å². The molecule has 2 aromatic rings. The van der Waals surface area contributed by atoms with Crippen LogP contribution in [0.15, 0.2) is 47.5 Å². The zero-order valence-electron chi connectivity index (χ0n) is 15.1. The van der Waals surface area contributed by atoms with Gasteiger partial charge in [-0.15, -0.1) is 0 Å². The van der Waals surface area contributed by atoms with Crippen molar-refractivity contribution >= 4 is 23.2 Å². The van der Waals surface area contributed by atoms with E-state index < -0.39 is 17.2 Å². The summed E-state index contributed by atoms with van der Waals surface area (Å²) in [5.74, 6) is -2.85. The fraction of sp³-hybridized carbons (Fsp3) is 0.333. The van der Waals surface area contributed by atoms with E-state index in [0.29, 0.717) is 23.0 Å². The zero-order chi connectivity index (χ0) is 19.9. The standard InChI is InChI=1S/C21H19ClF2N2O2/c22-15-4-2-14(3-5-15)20(11-21(23,24)12-20)19-17-9-16(28-10-18(25)27)6-1-13(17)7-8-26-19/h1-6,9H,7-8,10-12H2,(H2,25,27). The van der Waals surface area contributed by atoms with Crippen molar-refractivity contribution in [1.82, 2.24) is 0 Å². The summed E-state index contributed by atoms with van der Waals surface area (Å²) in [6, 6.07) is 12.4. The van der Waals surface area contributed by atoms with Crippen LogP contribution in [0.2, 0.25) is 5.02 Å². The lowest BCUT2D eigenvalue weighted by Gasteiger charge is -2.49. The lowest BCUT2D eigenvalue weighted by Crippen LogP contribution is -2.55. The van der Waals surface area contributed by atoms with Crippen LogP contribution in [0.25, 0.3) is 0 Å². The molecule has 1 saturated carbocycles. The van der Waals surface area contributed by atoms with Gasteiger partial charge in [0.15, 0.2) is 6.61 Å². The molecule has 0 aromatic heterocycles. The third kappa shape index (κ3) is 3.37. The topological polar surface area (TPSA) is 64.7 Å². The Morgan fingerprint density at radius 1 is 1.18 bits per heavy atom. The van der Waals surface area contributed by atoms with Crippen molar-refractivity contribution in [2.24, 2.45) is 10.7 Å². The first-order valence-corrected chi connectivity index (χ1v) is 9.40. The van der Waals surface area contributed by atoms with Crippen LogP contribution >= 0.6 is 11.6 Å². The number of nitrogens with zero attached hydrogens (tertiary/aromatic N) is 1. The van der Waals surface area contributed by atoms with Gasteiger partial charge in [0, 0.05) is 35.4 Å². The van der Waals surface area contributed by atoms with Crippen molar-refractivity contribution in [2.45, 2.75) is 30.6 Å². The Bertz CT molecular complexity index is 949. The van der Waals surface area contributed by atoms with E-state index in [2.05, 4.69) is 4.99 Å². The van der Waals surface area contributed by atoms with E-state index in [1.807, 2.05) is 6.07 Å². The average Bonchev–Trinajstić information content (AvgIpc) is 2.64. The number of halogens is 3. The molecule has 0 saturated heterocycles. The molecule has 1 aliphatic carbocycles. The van der Waals surface area contributed by atoms with Crippen molar-refractivity contribution in [3.05, 3.63) is 64.2 Å². The number of hydrogen-bond acceptors (Lipinski definition) is 3. The minimum absolute atomic E-state index is 0.244. The van der Waals surface area contributed by atoms with E-state index in [9.17, 15) is 13.6 Å². The van der Waals surface area contributed by atoms with E-state index in [-0.39, 0.29) is 19.4 Å². The van der Waals surface area contributed by atoms with E-state index in [1.54, 1.807) is 36.4 Å². The number of carbonyl (C=O) groups is 1. The summed E-state index contributed by atoms with van der Waals surface area (Å²) in [6.07, 6.45) is 0.126. The third-order valence-electron chi connectivity index (χ3n) is 5.34. The first kappa shape index (κ1) is 18.9. The molecule has 0 atom stereocenters. The highest BCUT2D eigenvalue weighted by molar-refractivity contribution is 6.30. The first-order valence-electron chi connectivity index (χ1n) is 9.02. The largest absolute Gasteiger partial charge is 0.484 e. The number of primary amides is 1. The van der Waals surface area contributed by atoms with Crippen LogP contribution in [0, 0.1) is 0 Å². The molecular formula is C21H19ClF2N2O2. The molecule has 1 amide bonds. The summed E-state index contributed by atoms with van der Waals surface area (Å²) in [5, 5.41) is 0.554. The highest BCUT2D eigenvalue weighted by Crippen LogP contribution is 2.56. The molecule has 0 radical (unpaired) electrons. The maximum atomic E-state index is 14.1. The molecule has 7 heteroatoms. The van der Waals surface area contributed by atoms with Crippen molar-refractivity contribution in [3.8, 4) is 5.75 Å². The molecule has 2 N–H and O–H groups in total. The van der Waals surface area contributed by atoms with Crippen LogP contribution in [-0.2, 0) is 16.6 Å². The number of amides is 1. The zero-order valence-corrected chi connectivity index (χ0v) is 15.8. The van der Waals surface area contributed by atoms with Gasteiger partial charge in [-0.1, -0.05) is 29.8 Å². The number of fused-ring (bicyclic) bond motifs is 1. The number of ether oxygens (including phenoxy) is 1. The van der Waals surface area contributed by atoms with E-state index in [1.165, 1.54) is 0 Å². The molecule has 1 fully saturated rings. The Hall–Kier alpha value is -2.47. The van der Waals surface area contributed by atoms with Gasteiger partial charge in [0.2, 0.25) is 0 Å². The maximum absolute atomic E-state index is 14.1. The van der Waals surface area contributed by atoms with Gasteiger partial charge >= 0.3 is 0 Å². The van der Waals surface area contributed by atoms with Crippen LogP contribution in [0.4, 0.5) is 8.78 Å². The molecule has 2 aromatic carbocycles. The fourth-order valence-electron chi connectivity index (χ4n) is 4.13.